The zero-order valence-electron chi connectivity index (χ0n) is 18.0. The van der Waals surface area contributed by atoms with Crippen molar-refractivity contribution >= 4 is 34.8 Å². The number of aliphatic carboxylic acids is 1. The van der Waals surface area contributed by atoms with Crippen LogP contribution in [0, 0.1) is 0 Å². The highest BCUT2D eigenvalue weighted by Gasteiger charge is 2.31. The number of thioether (sulfide) groups is 1. The number of nitrogens with zero attached hydrogens (tertiary/aromatic N) is 1. The molecular formula is C23H24N2O7S. The van der Waals surface area contributed by atoms with E-state index in [9.17, 15) is 19.2 Å². The summed E-state index contributed by atoms with van der Waals surface area (Å²) in [5.41, 5.74) is 2.40. The number of imide groups is 1. The molecule has 1 aromatic carbocycles. The number of carboxylic acids is 1. The molecular weight excluding hydrogens is 448 g/mol. The Labute approximate surface area is 194 Å². The van der Waals surface area contributed by atoms with E-state index in [-0.39, 0.29) is 30.6 Å². The van der Waals surface area contributed by atoms with Crippen LogP contribution in [0.4, 0.5) is 4.79 Å². The highest BCUT2D eigenvalue weighted by Crippen LogP contribution is 2.25. The second kappa shape index (κ2) is 11.5. The maximum Gasteiger partial charge on any atom is 0.307 e. The van der Waals surface area contributed by atoms with Gasteiger partial charge in [-0.25, -0.2) is 0 Å². The van der Waals surface area contributed by atoms with Gasteiger partial charge in [0.25, 0.3) is 5.24 Å². The summed E-state index contributed by atoms with van der Waals surface area (Å²) < 4.78 is 11.2. The van der Waals surface area contributed by atoms with Crippen LogP contribution in [0.2, 0.25) is 0 Å². The number of nitrogens with one attached hydrogen (secondary N) is 1. The summed E-state index contributed by atoms with van der Waals surface area (Å²) in [6.45, 7) is 1.99. The first-order chi connectivity index (χ1) is 15.8. The first-order valence-electron chi connectivity index (χ1n) is 10.4. The van der Waals surface area contributed by atoms with Crippen LogP contribution in [-0.4, -0.2) is 45.0 Å². The van der Waals surface area contributed by atoms with Crippen LogP contribution in [-0.2, 0) is 32.0 Å². The van der Waals surface area contributed by atoms with E-state index in [2.05, 4.69) is 10.3 Å². The zero-order valence-corrected chi connectivity index (χ0v) is 18.8. The second-order valence-corrected chi connectivity index (χ2v) is 8.53. The third-order valence-corrected chi connectivity index (χ3v) is 5.90. The minimum absolute atomic E-state index is 0.00792. The summed E-state index contributed by atoms with van der Waals surface area (Å²) in [4.78, 5) is 50.2. The fraction of sp³-hybridized carbons (Fsp3) is 0.348. The molecule has 2 aromatic rings. The van der Waals surface area contributed by atoms with Crippen molar-refractivity contribution in [1.29, 1.82) is 0 Å². The standard InChI is InChI=1S/C23H24N2O7S/c1-2-14-5-8-17(24-12-14)18(32-21(28)10-9-20(26)27)13-31-16-6-3-15(4-7-16)11-19-22(29)25-23(30)33-19/h3-8,12,18-19H,2,9-11,13H2,1H3,(H,26,27)(H,25,29,30)/t18-,19?/m0/s1. The van der Waals surface area contributed by atoms with Crippen LogP contribution >= 0.6 is 11.8 Å². The SMILES string of the molecule is CCc1ccc([C@H](COc2ccc(CC3SC(=O)NC3=O)cc2)OC(=O)CCC(=O)O)nc1. The van der Waals surface area contributed by atoms with Crippen molar-refractivity contribution in [1.82, 2.24) is 10.3 Å². The molecule has 2 atom stereocenters. The molecule has 1 aliphatic rings. The van der Waals surface area contributed by atoms with Crippen LogP contribution in [0.3, 0.4) is 0 Å². The van der Waals surface area contributed by atoms with Crippen molar-refractivity contribution in [3.8, 4) is 5.75 Å². The fourth-order valence-corrected chi connectivity index (χ4v) is 3.94. The van der Waals surface area contributed by atoms with Crippen molar-refractivity contribution in [2.75, 3.05) is 6.61 Å². The Hall–Kier alpha value is -3.40. The van der Waals surface area contributed by atoms with Crippen LogP contribution < -0.4 is 10.1 Å². The van der Waals surface area contributed by atoms with Gasteiger partial charge >= 0.3 is 11.9 Å². The molecule has 2 amide bonds. The maximum atomic E-state index is 12.1. The Morgan fingerprint density at radius 1 is 1.12 bits per heavy atom. The molecule has 1 aliphatic heterocycles. The zero-order chi connectivity index (χ0) is 23.8. The Morgan fingerprint density at radius 2 is 1.85 bits per heavy atom. The van der Waals surface area contributed by atoms with Gasteiger partial charge in [0.1, 0.15) is 12.4 Å². The maximum absolute atomic E-state index is 12.1. The molecule has 1 unspecified atom stereocenters. The number of hydrogen-bond acceptors (Lipinski definition) is 8. The number of carboxylic acid groups (broad SMARTS) is 1. The lowest BCUT2D eigenvalue weighted by molar-refractivity contribution is -0.153. The van der Waals surface area contributed by atoms with Crippen molar-refractivity contribution in [2.45, 2.75) is 44.0 Å². The van der Waals surface area contributed by atoms with Crippen molar-refractivity contribution in [3.05, 3.63) is 59.4 Å². The lowest BCUT2D eigenvalue weighted by Gasteiger charge is -2.18. The first kappa shape index (κ1) is 24.2. The average molecular weight is 473 g/mol. The molecule has 0 saturated carbocycles. The van der Waals surface area contributed by atoms with Crippen LogP contribution in [0.25, 0.3) is 0 Å². The molecule has 0 spiro atoms. The molecule has 10 heteroatoms. The van der Waals surface area contributed by atoms with E-state index in [4.69, 9.17) is 14.6 Å². The predicted molar refractivity (Wildman–Crippen MR) is 120 cm³/mol. The normalized spacial score (nSPS) is 16.2. The monoisotopic (exact) mass is 472 g/mol. The third kappa shape index (κ3) is 7.31. The van der Waals surface area contributed by atoms with Crippen LogP contribution in [0.15, 0.2) is 42.6 Å². The highest BCUT2D eigenvalue weighted by molar-refractivity contribution is 8.15. The molecule has 33 heavy (non-hydrogen) atoms. The van der Waals surface area contributed by atoms with E-state index in [1.54, 1.807) is 36.5 Å². The second-order valence-electron chi connectivity index (χ2n) is 7.36. The number of pyridine rings is 1. The number of esters is 1. The number of aryl methyl sites for hydroxylation is 1. The number of benzene rings is 1. The van der Waals surface area contributed by atoms with E-state index in [0.717, 1.165) is 29.3 Å². The number of carbonyl (C=O) groups is 4. The van der Waals surface area contributed by atoms with Crippen LogP contribution in [0.1, 0.15) is 42.7 Å². The molecule has 174 valence electrons. The molecule has 9 nitrogen and oxygen atoms in total. The van der Waals surface area contributed by atoms with E-state index in [1.807, 2.05) is 13.0 Å². The molecule has 0 radical (unpaired) electrons. The molecule has 1 fully saturated rings. The van der Waals surface area contributed by atoms with Gasteiger partial charge < -0.3 is 14.6 Å². The summed E-state index contributed by atoms with van der Waals surface area (Å²) in [5, 5.41) is 10.3. The Kier molecular flexibility index (Phi) is 8.42. The Balaban J connectivity index is 1.62. The van der Waals surface area contributed by atoms with Gasteiger partial charge in [0.05, 0.1) is 23.8 Å². The summed E-state index contributed by atoms with van der Waals surface area (Å²) in [6.07, 6.45) is 1.56. The molecule has 3 rings (SSSR count). The number of amides is 2. The molecule has 2 N–H and O–H groups in total. The van der Waals surface area contributed by atoms with Gasteiger partial charge in [0, 0.05) is 6.20 Å². The lowest BCUT2D eigenvalue weighted by atomic mass is 10.1. The first-order valence-corrected chi connectivity index (χ1v) is 11.3. The number of carbonyl (C=O) groups excluding carboxylic acids is 3. The van der Waals surface area contributed by atoms with Crippen molar-refractivity contribution < 1.29 is 33.8 Å². The van der Waals surface area contributed by atoms with E-state index < -0.39 is 23.3 Å². The predicted octanol–water partition coefficient (Wildman–Crippen LogP) is 3.07. The lowest BCUT2D eigenvalue weighted by Crippen LogP contribution is -2.25. The average Bonchev–Trinajstić information content (AvgIpc) is 3.12. The van der Waals surface area contributed by atoms with Gasteiger partial charge in [0.2, 0.25) is 5.91 Å². The van der Waals surface area contributed by atoms with Crippen molar-refractivity contribution in [3.63, 3.8) is 0 Å². The van der Waals surface area contributed by atoms with Crippen LogP contribution in [0.5, 0.6) is 5.75 Å². The minimum atomic E-state index is -1.08. The van der Waals surface area contributed by atoms with Gasteiger partial charge in [-0.1, -0.05) is 36.9 Å². The summed E-state index contributed by atoms with van der Waals surface area (Å²) in [7, 11) is 0. The van der Waals surface area contributed by atoms with Gasteiger partial charge in [-0.3, -0.25) is 29.5 Å². The fourth-order valence-electron chi connectivity index (χ4n) is 3.08. The molecule has 0 bridgehead atoms. The largest absolute Gasteiger partial charge is 0.489 e. The van der Waals surface area contributed by atoms with E-state index in [1.165, 1.54) is 0 Å². The third-order valence-electron chi connectivity index (χ3n) is 4.92. The van der Waals surface area contributed by atoms with Gasteiger partial charge in [0.15, 0.2) is 6.10 Å². The number of rotatable bonds is 11. The molecule has 2 heterocycles. The molecule has 1 saturated heterocycles. The van der Waals surface area contributed by atoms with E-state index >= 15 is 0 Å². The summed E-state index contributed by atoms with van der Waals surface area (Å²) in [5.74, 6) is -1.50. The number of aromatic nitrogens is 1. The van der Waals surface area contributed by atoms with Gasteiger partial charge in [-0.2, -0.15) is 0 Å². The van der Waals surface area contributed by atoms with Crippen molar-refractivity contribution in [2.24, 2.45) is 0 Å². The van der Waals surface area contributed by atoms with Gasteiger partial charge in [-0.05, 0) is 42.2 Å². The topological polar surface area (TPSA) is 132 Å². The number of hydrogen-bond donors (Lipinski definition) is 2. The summed E-state index contributed by atoms with van der Waals surface area (Å²) in [6, 6.07) is 10.7. The highest BCUT2D eigenvalue weighted by atomic mass is 32.2. The van der Waals surface area contributed by atoms with Gasteiger partial charge in [-0.15, -0.1) is 0 Å². The minimum Gasteiger partial charge on any atom is -0.489 e. The Bertz CT molecular complexity index is 1010. The summed E-state index contributed by atoms with van der Waals surface area (Å²) >= 11 is 0.975. The number of ether oxygens (including phenoxy) is 2. The quantitative estimate of drug-likeness (QED) is 0.474. The molecule has 0 aliphatic carbocycles. The Morgan fingerprint density at radius 3 is 2.42 bits per heavy atom. The smallest absolute Gasteiger partial charge is 0.307 e. The van der Waals surface area contributed by atoms with E-state index in [0.29, 0.717) is 17.9 Å². The molecule has 1 aromatic heterocycles.